The number of nitrogens with one attached hydrogen (secondary N) is 2. The van der Waals surface area contributed by atoms with Crippen molar-refractivity contribution in [1.29, 1.82) is 5.26 Å². The Labute approximate surface area is 134 Å². The second-order valence-electron chi connectivity index (χ2n) is 6.21. The predicted molar refractivity (Wildman–Crippen MR) is 81.6 cm³/mol. The van der Waals surface area contributed by atoms with E-state index in [1.807, 2.05) is 0 Å². The van der Waals surface area contributed by atoms with Crippen molar-refractivity contribution in [3.63, 3.8) is 0 Å². The van der Waals surface area contributed by atoms with Crippen molar-refractivity contribution in [2.24, 2.45) is 0 Å². The first-order valence-electron chi connectivity index (χ1n) is 7.20. The van der Waals surface area contributed by atoms with Crippen LogP contribution in [0, 0.1) is 23.0 Å². The van der Waals surface area contributed by atoms with E-state index in [4.69, 9.17) is 10.00 Å². The van der Waals surface area contributed by atoms with E-state index < -0.39 is 23.3 Å². The van der Waals surface area contributed by atoms with Gasteiger partial charge in [0.2, 0.25) is 0 Å². The molecule has 0 radical (unpaired) electrons. The number of nitrogens with zero attached hydrogens (tertiary/aromatic N) is 1. The van der Waals surface area contributed by atoms with Gasteiger partial charge in [0.15, 0.2) is 0 Å². The highest BCUT2D eigenvalue weighted by atomic mass is 19.1. The molecule has 1 atom stereocenters. The highest BCUT2D eigenvalue weighted by Gasteiger charge is 2.17. The van der Waals surface area contributed by atoms with Crippen molar-refractivity contribution in [3.05, 3.63) is 34.9 Å². The Morgan fingerprint density at radius 3 is 2.39 bits per heavy atom. The van der Waals surface area contributed by atoms with E-state index in [0.29, 0.717) is 6.54 Å². The maximum atomic E-state index is 13.7. The van der Waals surface area contributed by atoms with Gasteiger partial charge in [0.05, 0.1) is 11.6 Å². The first-order chi connectivity index (χ1) is 10.6. The number of nitriles is 1. The molecule has 2 N–H and O–H groups in total. The van der Waals surface area contributed by atoms with Crippen LogP contribution < -0.4 is 10.6 Å². The first kappa shape index (κ1) is 18.8. The number of hydrogen-bond donors (Lipinski definition) is 2. The molecule has 23 heavy (non-hydrogen) atoms. The van der Waals surface area contributed by atoms with Gasteiger partial charge in [-0.3, -0.25) is 0 Å². The van der Waals surface area contributed by atoms with Crippen molar-refractivity contribution in [3.8, 4) is 6.07 Å². The van der Waals surface area contributed by atoms with E-state index in [0.717, 1.165) is 12.1 Å². The molecule has 7 heteroatoms. The molecule has 0 aromatic heterocycles. The summed E-state index contributed by atoms with van der Waals surface area (Å²) < 4.78 is 32.5. The van der Waals surface area contributed by atoms with Gasteiger partial charge >= 0.3 is 6.09 Å². The average Bonchev–Trinajstić information content (AvgIpc) is 2.39. The summed E-state index contributed by atoms with van der Waals surface area (Å²) in [6.45, 7) is 7.26. The second kappa shape index (κ2) is 7.88. The van der Waals surface area contributed by atoms with Gasteiger partial charge in [-0.2, -0.15) is 5.26 Å². The smallest absolute Gasteiger partial charge is 0.407 e. The van der Waals surface area contributed by atoms with Crippen LogP contribution in [-0.2, 0) is 11.3 Å². The predicted octanol–water partition coefficient (Wildman–Crippen LogP) is 2.84. The van der Waals surface area contributed by atoms with E-state index in [9.17, 15) is 13.6 Å². The molecule has 0 bridgehead atoms. The van der Waals surface area contributed by atoms with Gasteiger partial charge in [0, 0.05) is 24.7 Å². The molecule has 0 aliphatic carbocycles. The highest BCUT2D eigenvalue weighted by Crippen LogP contribution is 2.15. The lowest BCUT2D eigenvalue weighted by molar-refractivity contribution is 0.0508. The SMILES string of the molecule is CC(CNCc1c(F)cc(C#N)cc1F)NC(=O)OC(C)(C)C. The summed E-state index contributed by atoms with van der Waals surface area (Å²) in [5.41, 5.74) is -0.802. The molecule has 126 valence electrons. The molecule has 5 nitrogen and oxygen atoms in total. The summed E-state index contributed by atoms with van der Waals surface area (Å²) >= 11 is 0. The number of ether oxygens (including phenoxy) is 1. The lowest BCUT2D eigenvalue weighted by atomic mass is 10.1. The molecule has 0 aliphatic rings. The van der Waals surface area contributed by atoms with Gasteiger partial charge < -0.3 is 15.4 Å². The lowest BCUT2D eigenvalue weighted by Gasteiger charge is -2.22. The molecule has 0 spiro atoms. The summed E-state index contributed by atoms with van der Waals surface area (Å²) in [5.74, 6) is -1.55. The zero-order valence-corrected chi connectivity index (χ0v) is 13.7. The fourth-order valence-electron chi connectivity index (χ4n) is 1.81. The zero-order valence-electron chi connectivity index (χ0n) is 13.7. The molecule has 0 heterocycles. The summed E-state index contributed by atoms with van der Waals surface area (Å²) in [6, 6.07) is 3.38. The van der Waals surface area contributed by atoms with Gasteiger partial charge in [-0.25, -0.2) is 13.6 Å². The molecule has 1 aromatic carbocycles. The Morgan fingerprint density at radius 2 is 1.91 bits per heavy atom. The fourth-order valence-corrected chi connectivity index (χ4v) is 1.81. The van der Waals surface area contributed by atoms with Crippen LogP contribution in [0.3, 0.4) is 0 Å². The number of hydrogen-bond acceptors (Lipinski definition) is 4. The van der Waals surface area contributed by atoms with Crippen LogP contribution in [0.4, 0.5) is 13.6 Å². The molecule has 0 saturated carbocycles. The minimum Gasteiger partial charge on any atom is -0.444 e. The molecule has 0 aliphatic heterocycles. The van der Waals surface area contributed by atoms with Gasteiger partial charge in [0.25, 0.3) is 0 Å². The van der Waals surface area contributed by atoms with Crippen molar-refractivity contribution >= 4 is 6.09 Å². The van der Waals surface area contributed by atoms with Crippen molar-refractivity contribution in [2.45, 2.75) is 45.9 Å². The maximum Gasteiger partial charge on any atom is 0.407 e. The van der Waals surface area contributed by atoms with Crippen LogP contribution in [0.2, 0.25) is 0 Å². The number of benzene rings is 1. The maximum absolute atomic E-state index is 13.7. The van der Waals surface area contributed by atoms with E-state index in [1.165, 1.54) is 0 Å². The number of carbonyl (C=O) groups excluding carboxylic acids is 1. The Bertz CT molecular complexity index is 583. The molecule has 1 unspecified atom stereocenters. The summed E-state index contributed by atoms with van der Waals surface area (Å²) in [4.78, 5) is 11.6. The normalized spacial score (nSPS) is 12.4. The lowest BCUT2D eigenvalue weighted by Crippen LogP contribution is -2.42. The Balaban J connectivity index is 2.48. The van der Waals surface area contributed by atoms with Crippen LogP contribution in [0.25, 0.3) is 0 Å². The van der Waals surface area contributed by atoms with E-state index in [1.54, 1.807) is 33.8 Å². The number of alkyl carbamates (subject to hydrolysis) is 1. The van der Waals surface area contributed by atoms with Gasteiger partial charge in [-0.15, -0.1) is 0 Å². The number of carbonyl (C=O) groups is 1. The second-order valence-corrected chi connectivity index (χ2v) is 6.21. The van der Waals surface area contributed by atoms with Crippen LogP contribution >= 0.6 is 0 Å². The third-order valence-electron chi connectivity index (χ3n) is 2.79. The standard InChI is InChI=1S/C16H21F2N3O2/c1-10(21-15(22)23-16(2,3)4)8-20-9-12-13(17)5-11(7-19)6-14(12)18/h5-6,10,20H,8-9H2,1-4H3,(H,21,22). The fraction of sp³-hybridized carbons (Fsp3) is 0.500. The topological polar surface area (TPSA) is 74.2 Å². The molecule has 1 amide bonds. The van der Waals surface area contributed by atoms with Gasteiger partial charge in [-0.05, 0) is 39.8 Å². The average molecular weight is 325 g/mol. The van der Waals surface area contributed by atoms with Gasteiger partial charge in [0.1, 0.15) is 17.2 Å². The molecule has 0 fully saturated rings. The van der Waals surface area contributed by atoms with Gasteiger partial charge in [-0.1, -0.05) is 0 Å². The summed E-state index contributed by atoms with van der Waals surface area (Å²) in [7, 11) is 0. The number of halogens is 2. The highest BCUT2D eigenvalue weighted by molar-refractivity contribution is 5.68. The third kappa shape index (κ3) is 6.61. The monoisotopic (exact) mass is 325 g/mol. The summed E-state index contributed by atoms with van der Waals surface area (Å²) in [6.07, 6.45) is -0.553. The van der Waals surface area contributed by atoms with Crippen molar-refractivity contribution in [2.75, 3.05) is 6.54 Å². The van der Waals surface area contributed by atoms with Crippen LogP contribution in [0.15, 0.2) is 12.1 Å². The minimum atomic E-state index is -0.776. The van der Waals surface area contributed by atoms with Crippen molar-refractivity contribution in [1.82, 2.24) is 10.6 Å². The Hall–Kier alpha value is -2.20. The van der Waals surface area contributed by atoms with E-state index in [2.05, 4.69) is 10.6 Å². The first-order valence-corrected chi connectivity index (χ1v) is 7.20. The number of rotatable bonds is 5. The van der Waals surface area contributed by atoms with Crippen LogP contribution in [0.1, 0.15) is 38.8 Å². The molecular formula is C16H21F2N3O2. The number of amides is 1. The van der Waals surface area contributed by atoms with Crippen molar-refractivity contribution < 1.29 is 18.3 Å². The van der Waals surface area contributed by atoms with Crippen LogP contribution in [-0.4, -0.2) is 24.3 Å². The Kier molecular flexibility index (Phi) is 6.46. The quantitative estimate of drug-likeness (QED) is 0.873. The van der Waals surface area contributed by atoms with E-state index >= 15 is 0 Å². The van der Waals surface area contributed by atoms with Crippen LogP contribution in [0.5, 0.6) is 0 Å². The molecular weight excluding hydrogens is 304 g/mol. The molecule has 0 saturated heterocycles. The van der Waals surface area contributed by atoms with E-state index in [-0.39, 0.29) is 23.7 Å². The summed E-state index contributed by atoms with van der Waals surface area (Å²) in [5, 5.41) is 14.1. The third-order valence-corrected chi connectivity index (χ3v) is 2.79. The largest absolute Gasteiger partial charge is 0.444 e. The zero-order chi connectivity index (χ0) is 17.6. The molecule has 1 aromatic rings. The molecule has 1 rings (SSSR count). The minimum absolute atomic E-state index is 0.0519. The Morgan fingerprint density at radius 1 is 1.35 bits per heavy atom.